The van der Waals surface area contributed by atoms with Crippen LogP contribution in [0.1, 0.15) is 27.6 Å². The summed E-state index contributed by atoms with van der Waals surface area (Å²) >= 11 is 5.71. The number of carbonyl (C=O) groups excluding carboxylic acids is 1. The van der Waals surface area contributed by atoms with Crippen LogP contribution in [-0.4, -0.2) is 71.5 Å². The van der Waals surface area contributed by atoms with Crippen molar-refractivity contribution in [1.82, 2.24) is 20.4 Å². The number of aromatic nitrogens is 2. The van der Waals surface area contributed by atoms with Gasteiger partial charge in [0.25, 0.3) is 5.91 Å². The first-order valence-corrected chi connectivity index (χ1v) is 10.3. The number of nitrogens with zero attached hydrogens (tertiary/aromatic N) is 4. The van der Waals surface area contributed by atoms with Gasteiger partial charge < -0.3 is 25.6 Å². The molecule has 1 aliphatic heterocycles. The Morgan fingerprint density at radius 3 is 2.67 bits per heavy atom. The molecule has 0 bridgehead atoms. The number of halogens is 2. The molecule has 1 aliphatic rings. The Balaban J connectivity index is 0.000000405. The zero-order chi connectivity index (χ0) is 24.4. The lowest BCUT2D eigenvalue weighted by Crippen LogP contribution is -2.31. The molecule has 0 aliphatic carbocycles. The van der Waals surface area contributed by atoms with Gasteiger partial charge in [-0.05, 0) is 30.7 Å². The van der Waals surface area contributed by atoms with Crippen LogP contribution < -0.4 is 16.9 Å². The van der Waals surface area contributed by atoms with Crippen molar-refractivity contribution in [1.29, 1.82) is 0 Å². The average Bonchev–Trinajstić information content (AvgIpc) is 2.79. The Kier molecular flexibility index (Phi) is 10.4. The van der Waals surface area contributed by atoms with E-state index in [0.717, 1.165) is 5.12 Å². The molecule has 1 amide bonds. The van der Waals surface area contributed by atoms with E-state index < -0.39 is 11.7 Å². The maximum atomic E-state index is 13.1. The highest BCUT2D eigenvalue weighted by atomic mass is 35.5. The quantitative estimate of drug-likeness (QED) is 0.196. The molecule has 180 valence electrons. The highest BCUT2D eigenvalue weighted by Crippen LogP contribution is 2.16. The summed E-state index contributed by atoms with van der Waals surface area (Å²) in [6.07, 6.45) is -0.0799. The second-order valence-electron chi connectivity index (χ2n) is 6.93. The predicted molar refractivity (Wildman–Crippen MR) is 120 cm³/mol. The Hall–Kier alpha value is -2.90. The molecule has 1 aromatic heterocycles. The van der Waals surface area contributed by atoms with Gasteiger partial charge in [0.05, 0.1) is 31.5 Å². The van der Waals surface area contributed by atoms with Gasteiger partial charge in [-0.3, -0.25) is 4.79 Å². The van der Waals surface area contributed by atoms with E-state index in [1.54, 1.807) is 6.92 Å². The minimum atomic E-state index is -0.521. The summed E-state index contributed by atoms with van der Waals surface area (Å²) in [6, 6.07) is 5.61. The number of hydrazine groups is 1. The number of aliphatic hydroxyl groups excluding tert-OH is 1. The SMILES string of the molecule is Cc1nc(C(=O)NCc2ccc(F)c(Cl)c2)cc(/C(N)=N/N(C)N)n1.OCC1COCCO1. The van der Waals surface area contributed by atoms with Crippen LogP contribution in [0.3, 0.4) is 0 Å². The molecule has 2 aromatic rings. The number of nitrogens with one attached hydrogen (secondary N) is 1. The number of hydrazone groups is 1. The number of hydrogen-bond acceptors (Lipinski definition) is 9. The summed E-state index contributed by atoms with van der Waals surface area (Å²) in [7, 11) is 1.50. The lowest BCUT2D eigenvalue weighted by molar-refractivity contribution is -0.105. The maximum Gasteiger partial charge on any atom is 0.270 e. The number of rotatable bonds is 6. The molecule has 1 fully saturated rings. The van der Waals surface area contributed by atoms with Gasteiger partial charge in [0.2, 0.25) is 0 Å². The van der Waals surface area contributed by atoms with E-state index >= 15 is 0 Å². The van der Waals surface area contributed by atoms with Crippen LogP contribution in [0.5, 0.6) is 0 Å². The molecule has 1 saturated heterocycles. The van der Waals surface area contributed by atoms with Gasteiger partial charge in [0, 0.05) is 13.6 Å². The van der Waals surface area contributed by atoms with E-state index in [9.17, 15) is 9.18 Å². The number of nitrogens with two attached hydrogens (primary N) is 2. The summed E-state index contributed by atoms with van der Waals surface area (Å²) < 4.78 is 23.2. The predicted octanol–water partition coefficient (Wildman–Crippen LogP) is 0.327. The number of hydrogen-bond donors (Lipinski definition) is 4. The molecule has 1 atom stereocenters. The number of amidine groups is 1. The van der Waals surface area contributed by atoms with Crippen LogP contribution in [0.15, 0.2) is 29.4 Å². The van der Waals surface area contributed by atoms with Crippen molar-refractivity contribution in [3.05, 3.63) is 57.9 Å². The fourth-order valence-electron chi connectivity index (χ4n) is 2.60. The van der Waals surface area contributed by atoms with E-state index in [1.807, 2.05) is 0 Å². The maximum absolute atomic E-state index is 13.1. The molecular weight excluding hydrogens is 457 g/mol. The summed E-state index contributed by atoms with van der Waals surface area (Å²) in [6.45, 7) is 3.67. The van der Waals surface area contributed by atoms with Crippen LogP contribution in [0, 0.1) is 12.7 Å². The highest BCUT2D eigenvalue weighted by molar-refractivity contribution is 6.30. The van der Waals surface area contributed by atoms with E-state index in [1.165, 1.54) is 31.3 Å². The van der Waals surface area contributed by atoms with Crippen molar-refractivity contribution >= 4 is 23.3 Å². The van der Waals surface area contributed by atoms with Crippen molar-refractivity contribution in [3.63, 3.8) is 0 Å². The zero-order valence-electron chi connectivity index (χ0n) is 18.3. The van der Waals surface area contributed by atoms with E-state index in [4.69, 9.17) is 37.8 Å². The fourth-order valence-corrected chi connectivity index (χ4v) is 2.80. The van der Waals surface area contributed by atoms with Gasteiger partial charge in [-0.25, -0.2) is 25.3 Å². The van der Waals surface area contributed by atoms with Crippen LogP contribution in [0.25, 0.3) is 0 Å². The summed E-state index contributed by atoms with van der Waals surface area (Å²) in [5.41, 5.74) is 6.83. The second kappa shape index (κ2) is 13.0. The molecule has 0 saturated carbocycles. The topological polar surface area (TPSA) is 161 Å². The minimum absolute atomic E-state index is 0.0122. The van der Waals surface area contributed by atoms with Crippen molar-refractivity contribution in [2.24, 2.45) is 16.7 Å². The van der Waals surface area contributed by atoms with Gasteiger partial charge in [0.1, 0.15) is 29.1 Å². The molecule has 0 radical (unpaired) electrons. The van der Waals surface area contributed by atoms with Gasteiger partial charge >= 0.3 is 0 Å². The standard InChI is InChI=1S/C15H17ClFN7O.C5H10O3/c1-8-21-12(14(18)23-24(2)19)6-13(22-8)15(25)20-7-9-3-4-11(17)10(16)5-9;6-3-5-4-7-1-2-8-5/h3-6H,7,19H2,1-2H3,(H2,18,23)(H,20,25);5-6H,1-4H2. The van der Waals surface area contributed by atoms with E-state index in [-0.39, 0.29) is 41.5 Å². The Morgan fingerprint density at radius 1 is 1.36 bits per heavy atom. The first-order valence-electron chi connectivity index (χ1n) is 9.90. The third kappa shape index (κ3) is 8.86. The second-order valence-corrected chi connectivity index (χ2v) is 7.33. The molecular formula is C20H27ClFN7O4. The number of aliphatic hydroxyl groups is 1. The van der Waals surface area contributed by atoms with Crippen molar-refractivity contribution in [3.8, 4) is 0 Å². The molecule has 0 spiro atoms. The van der Waals surface area contributed by atoms with Crippen LogP contribution in [-0.2, 0) is 16.0 Å². The molecule has 13 heteroatoms. The Bertz CT molecular complexity index is 971. The first-order chi connectivity index (χ1) is 15.7. The molecule has 6 N–H and O–H groups in total. The molecule has 1 unspecified atom stereocenters. The monoisotopic (exact) mass is 483 g/mol. The third-order valence-corrected chi connectivity index (χ3v) is 4.41. The van der Waals surface area contributed by atoms with Gasteiger partial charge in [0.15, 0.2) is 5.84 Å². The molecule has 2 heterocycles. The van der Waals surface area contributed by atoms with E-state index in [2.05, 4.69) is 20.4 Å². The lowest BCUT2D eigenvalue weighted by Gasteiger charge is -2.20. The third-order valence-electron chi connectivity index (χ3n) is 4.12. The normalized spacial score (nSPS) is 15.9. The highest BCUT2D eigenvalue weighted by Gasteiger charge is 2.13. The van der Waals surface area contributed by atoms with Gasteiger partial charge in [-0.15, -0.1) is 5.10 Å². The zero-order valence-corrected chi connectivity index (χ0v) is 19.0. The lowest BCUT2D eigenvalue weighted by atomic mass is 10.2. The van der Waals surface area contributed by atoms with Crippen LogP contribution >= 0.6 is 11.6 Å². The molecule has 1 aromatic carbocycles. The van der Waals surface area contributed by atoms with E-state index in [0.29, 0.717) is 31.2 Å². The molecule has 33 heavy (non-hydrogen) atoms. The van der Waals surface area contributed by atoms with Gasteiger partial charge in [-0.2, -0.15) is 0 Å². The fraction of sp³-hybridized carbons (Fsp3) is 0.400. The Labute approximate surface area is 195 Å². The number of aryl methyl sites for hydroxylation is 1. The Morgan fingerprint density at radius 2 is 2.09 bits per heavy atom. The number of benzene rings is 1. The smallest absolute Gasteiger partial charge is 0.270 e. The summed E-state index contributed by atoms with van der Waals surface area (Å²) in [5.74, 6) is 4.85. The van der Waals surface area contributed by atoms with Crippen molar-refractivity contribution < 1.29 is 23.8 Å². The number of carbonyl (C=O) groups is 1. The number of amides is 1. The van der Waals surface area contributed by atoms with Gasteiger partial charge in [-0.1, -0.05) is 17.7 Å². The van der Waals surface area contributed by atoms with Crippen molar-refractivity contribution in [2.75, 3.05) is 33.5 Å². The summed E-state index contributed by atoms with van der Waals surface area (Å²) in [4.78, 5) is 20.5. The van der Waals surface area contributed by atoms with Crippen LogP contribution in [0.2, 0.25) is 5.02 Å². The first kappa shape index (κ1) is 26.4. The largest absolute Gasteiger partial charge is 0.394 e. The summed E-state index contributed by atoms with van der Waals surface area (Å²) in [5, 5.41) is 16.0. The molecule has 11 nitrogen and oxygen atoms in total. The van der Waals surface area contributed by atoms with Crippen molar-refractivity contribution in [2.45, 2.75) is 19.6 Å². The number of ether oxygens (including phenoxy) is 2. The van der Waals surface area contributed by atoms with Crippen LogP contribution in [0.4, 0.5) is 4.39 Å². The molecule has 3 rings (SSSR count). The minimum Gasteiger partial charge on any atom is -0.394 e. The average molecular weight is 484 g/mol.